The number of unbranched alkanes of at least 4 members (excludes halogenated alkanes) is 62. The number of esters is 4. The Labute approximate surface area is 670 Å². The van der Waals surface area contributed by atoms with Crippen LogP contribution in [0.5, 0.6) is 0 Å². The minimum atomic E-state index is -4.97. The lowest BCUT2D eigenvalue weighted by Gasteiger charge is -2.21. The summed E-state index contributed by atoms with van der Waals surface area (Å²) in [7, 11) is -9.93. The molecule has 0 heterocycles. The summed E-state index contributed by atoms with van der Waals surface area (Å²) in [5.74, 6) is -1.32. The molecule has 0 aliphatic heterocycles. The molecule has 0 aromatic heterocycles. The number of ether oxygens (including phenoxy) is 4. The van der Waals surface area contributed by atoms with Gasteiger partial charge in [-0.05, 0) is 31.6 Å². The molecular weight excluding hydrogens is 1410 g/mol. The normalized spacial score (nSPS) is 13.7. The minimum Gasteiger partial charge on any atom is -0.462 e. The van der Waals surface area contributed by atoms with E-state index in [0.29, 0.717) is 25.7 Å². The Morgan fingerprint density at radius 1 is 0.248 bits per heavy atom. The van der Waals surface area contributed by atoms with Crippen molar-refractivity contribution in [2.45, 2.75) is 509 Å². The van der Waals surface area contributed by atoms with Gasteiger partial charge < -0.3 is 33.8 Å². The zero-order chi connectivity index (χ0) is 79.7. The molecule has 0 saturated heterocycles. The number of carbonyl (C=O) groups is 4. The van der Waals surface area contributed by atoms with Gasteiger partial charge in [0.2, 0.25) is 0 Å². The second kappa shape index (κ2) is 82.6. The summed E-state index contributed by atoms with van der Waals surface area (Å²) in [6.45, 7) is 7.40. The summed E-state index contributed by atoms with van der Waals surface area (Å²) < 4.78 is 69.1. The van der Waals surface area contributed by atoms with E-state index in [2.05, 4.69) is 34.6 Å². The van der Waals surface area contributed by atoms with E-state index in [1.54, 1.807) is 0 Å². The number of aliphatic hydroxyl groups is 1. The van der Waals surface area contributed by atoms with Gasteiger partial charge in [0.1, 0.15) is 19.3 Å². The lowest BCUT2D eigenvalue weighted by Crippen LogP contribution is -2.30. The molecule has 5 atom stereocenters. The summed E-state index contributed by atoms with van der Waals surface area (Å²) in [5, 5.41) is 10.7. The van der Waals surface area contributed by atoms with E-state index in [-0.39, 0.29) is 25.7 Å². The first-order valence-electron chi connectivity index (χ1n) is 46.6. The molecule has 0 spiro atoms. The highest BCUT2D eigenvalue weighted by molar-refractivity contribution is 7.47. The molecule has 0 fully saturated rings. The molecule has 0 rings (SSSR count). The Hall–Kier alpha value is -1.94. The van der Waals surface area contributed by atoms with Gasteiger partial charge in [0.25, 0.3) is 0 Å². The molecule has 0 aliphatic rings. The first kappa shape index (κ1) is 107. The zero-order valence-electron chi connectivity index (χ0n) is 71.7. The van der Waals surface area contributed by atoms with Crippen molar-refractivity contribution in [3.63, 3.8) is 0 Å². The van der Waals surface area contributed by atoms with Crippen molar-refractivity contribution in [2.75, 3.05) is 39.6 Å². The van der Waals surface area contributed by atoms with Crippen molar-refractivity contribution in [1.82, 2.24) is 0 Å². The van der Waals surface area contributed by atoms with Crippen molar-refractivity contribution in [1.29, 1.82) is 0 Å². The molecule has 0 aromatic carbocycles. The SMILES string of the molecule is CCCCCCCCCCCCCCCCCCCCCCCCC(=O)O[C@H](COC(=O)CCCCCCCCCCCCCCCCCCCCC)COP(=O)(O)OC[C@@H](O)COP(=O)(O)OC[C@@H](COC(=O)CCCCCCCCCCCCCCC)OC(=O)CCCCCCCCCCCCCCC(C)C. The molecule has 0 saturated carbocycles. The number of hydrogen-bond donors (Lipinski definition) is 3. The van der Waals surface area contributed by atoms with E-state index in [4.69, 9.17) is 37.0 Å². The second-order valence-corrected chi connectivity index (χ2v) is 35.7. The Bertz CT molecular complexity index is 2070. The molecule has 648 valence electrons. The van der Waals surface area contributed by atoms with Crippen LogP contribution in [0, 0.1) is 5.92 Å². The average molecular weight is 1590 g/mol. The fourth-order valence-corrected chi connectivity index (χ4v) is 15.8. The molecule has 0 radical (unpaired) electrons. The molecule has 109 heavy (non-hydrogen) atoms. The summed E-state index contributed by atoms with van der Waals surface area (Å²) in [4.78, 5) is 73.4. The molecule has 3 N–H and O–H groups in total. The van der Waals surface area contributed by atoms with E-state index >= 15 is 0 Å². The van der Waals surface area contributed by atoms with Crippen molar-refractivity contribution in [3.8, 4) is 0 Å². The highest BCUT2D eigenvalue weighted by Crippen LogP contribution is 2.45. The van der Waals surface area contributed by atoms with Crippen LogP contribution in [0.15, 0.2) is 0 Å². The maximum Gasteiger partial charge on any atom is 0.472 e. The van der Waals surface area contributed by atoms with Crippen LogP contribution in [0.2, 0.25) is 0 Å². The maximum atomic E-state index is 13.2. The van der Waals surface area contributed by atoms with E-state index < -0.39 is 97.5 Å². The average Bonchev–Trinajstić information content (AvgIpc) is 0.900. The van der Waals surface area contributed by atoms with E-state index in [9.17, 15) is 43.2 Å². The Balaban J connectivity index is 5.24. The topological polar surface area (TPSA) is 237 Å². The third-order valence-corrected chi connectivity index (χ3v) is 23.2. The van der Waals surface area contributed by atoms with Crippen LogP contribution in [0.25, 0.3) is 0 Å². The van der Waals surface area contributed by atoms with Gasteiger partial charge in [-0.25, -0.2) is 9.13 Å². The molecule has 0 amide bonds. The summed E-state index contributed by atoms with van der Waals surface area (Å²) in [6, 6.07) is 0. The van der Waals surface area contributed by atoms with Crippen LogP contribution in [0.4, 0.5) is 0 Å². The van der Waals surface area contributed by atoms with Gasteiger partial charge >= 0.3 is 39.5 Å². The Morgan fingerprint density at radius 3 is 0.624 bits per heavy atom. The molecule has 19 heteroatoms. The van der Waals surface area contributed by atoms with Gasteiger partial charge in [0.15, 0.2) is 12.2 Å². The van der Waals surface area contributed by atoms with E-state index in [0.717, 1.165) is 95.8 Å². The molecule has 0 aliphatic carbocycles. The van der Waals surface area contributed by atoms with Gasteiger partial charge in [0.05, 0.1) is 26.4 Å². The first-order valence-corrected chi connectivity index (χ1v) is 49.6. The maximum absolute atomic E-state index is 13.2. The predicted octanol–water partition coefficient (Wildman–Crippen LogP) is 27.9. The van der Waals surface area contributed by atoms with Crippen LogP contribution in [-0.4, -0.2) is 96.7 Å². The lowest BCUT2D eigenvalue weighted by atomic mass is 10.0. The third-order valence-electron chi connectivity index (χ3n) is 21.3. The molecule has 0 bridgehead atoms. The largest absolute Gasteiger partial charge is 0.472 e. The Kier molecular flexibility index (Phi) is 81.1. The quantitative estimate of drug-likeness (QED) is 0.0222. The van der Waals surface area contributed by atoms with E-state index in [1.807, 2.05) is 0 Å². The smallest absolute Gasteiger partial charge is 0.462 e. The molecule has 0 aromatic rings. The Morgan fingerprint density at radius 2 is 0.422 bits per heavy atom. The number of carbonyl (C=O) groups excluding carboxylic acids is 4. The summed E-state index contributed by atoms with van der Waals surface area (Å²) >= 11 is 0. The highest BCUT2D eigenvalue weighted by Gasteiger charge is 2.31. The third kappa shape index (κ3) is 83.8. The van der Waals surface area contributed by atoms with Gasteiger partial charge in [-0.3, -0.25) is 37.3 Å². The fourth-order valence-electron chi connectivity index (χ4n) is 14.2. The molecule has 17 nitrogen and oxygen atoms in total. The number of aliphatic hydroxyl groups excluding tert-OH is 1. The van der Waals surface area contributed by atoms with E-state index in [1.165, 1.54) is 315 Å². The zero-order valence-corrected chi connectivity index (χ0v) is 73.5. The number of phosphoric acid groups is 2. The van der Waals surface area contributed by atoms with Gasteiger partial charge in [0, 0.05) is 25.7 Å². The van der Waals surface area contributed by atoms with Crippen molar-refractivity contribution >= 4 is 39.5 Å². The fraction of sp³-hybridized carbons (Fsp3) is 0.956. The van der Waals surface area contributed by atoms with Crippen molar-refractivity contribution in [2.24, 2.45) is 5.92 Å². The van der Waals surface area contributed by atoms with Gasteiger partial charge in [-0.15, -0.1) is 0 Å². The number of rotatable bonds is 90. The van der Waals surface area contributed by atoms with Crippen LogP contribution >= 0.6 is 15.6 Å². The second-order valence-electron chi connectivity index (χ2n) is 32.8. The van der Waals surface area contributed by atoms with Crippen molar-refractivity contribution in [3.05, 3.63) is 0 Å². The lowest BCUT2D eigenvalue weighted by molar-refractivity contribution is -0.161. The van der Waals surface area contributed by atoms with Gasteiger partial charge in [-0.1, -0.05) is 439 Å². The van der Waals surface area contributed by atoms with Crippen LogP contribution in [0.1, 0.15) is 490 Å². The summed E-state index contributed by atoms with van der Waals surface area (Å²) in [5.41, 5.74) is 0. The first-order chi connectivity index (χ1) is 53.0. The van der Waals surface area contributed by atoms with Crippen LogP contribution < -0.4 is 0 Å². The molecular formula is C90H176O17P2. The van der Waals surface area contributed by atoms with Crippen LogP contribution in [-0.2, 0) is 65.4 Å². The molecule has 2 unspecified atom stereocenters. The number of hydrogen-bond acceptors (Lipinski definition) is 15. The monoisotopic (exact) mass is 1590 g/mol. The standard InChI is InChI=1S/C90H176O17P2/c1-6-9-12-15-18-21-24-27-29-31-33-34-35-37-39-41-44-50-55-60-65-70-75-89(94)106-85(80-101-88(93)74-69-64-59-54-49-43-40-38-36-32-30-28-25-22-19-16-13-10-7-2)81-104-108(96,97)102-77-84(91)78-103-109(98,99)105-82-86(79-100-87(92)73-68-63-58-53-48-42-26-23-20-17-14-11-8-3)107-90(95)76-71-66-61-56-51-46-45-47-52-57-62-67-72-83(4)5/h83-86,91H,6-82H2,1-5H3,(H,96,97)(H,98,99)/t84-,85-,86-/m1/s1. The van der Waals surface area contributed by atoms with Crippen LogP contribution in [0.3, 0.4) is 0 Å². The summed E-state index contributed by atoms with van der Waals surface area (Å²) in [6.07, 6.45) is 77.8. The highest BCUT2D eigenvalue weighted by atomic mass is 31.2. The number of phosphoric ester groups is 2. The predicted molar refractivity (Wildman–Crippen MR) is 451 cm³/mol. The van der Waals surface area contributed by atoms with Crippen molar-refractivity contribution < 1.29 is 80.2 Å². The van der Waals surface area contributed by atoms with Gasteiger partial charge in [-0.2, -0.15) is 0 Å². The minimum absolute atomic E-state index is 0.108.